The zero-order valence-corrected chi connectivity index (χ0v) is 14.0. The number of carbonyl (C=O) groups is 1. The highest BCUT2D eigenvalue weighted by atomic mass is 35.5. The number of anilines is 2. The van der Waals surface area contributed by atoms with Gasteiger partial charge in [-0.1, -0.05) is 11.6 Å². The largest absolute Gasteiger partial charge is 0.495 e. The molecule has 0 unspecified atom stereocenters. The van der Waals surface area contributed by atoms with Crippen molar-refractivity contribution in [1.29, 1.82) is 0 Å². The Morgan fingerprint density at radius 3 is 2.88 bits per heavy atom. The fourth-order valence-corrected chi connectivity index (χ4v) is 2.74. The van der Waals surface area contributed by atoms with Crippen molar-refractivity contribution in [3.63, 3.8) is 0 Å². The predicted octanol–water partition coefficient (Wildman–Crippen LogP) is 2.83. The Hall–Kier alpha value is -2.31. The summed E-state index contributed by atoms with van der Waals surface area (Å²) < 4.78 is 10.6. The lowest BCUT2D eigenvalue weighted by molar-refractivity contribution is 0.102. The molecule has 7 heteroatoms. The molecule has 2 heterocycles. The Morgan fingerprint density at radius 2 is 2.12 bits per heavy atom. The number of hydrogen-bond donors (Lipinski definition) is 1. The van der Waals surface area contributed by atoms with Crippen LogP contribution in [0.25, 0.3) is 0 Å². The van der Waals surface area contributed by atoms with E-state index >= 15 is 0 Å². The summed E-state index contributed by atoms with van der Waals surface area (Å²) in [6.07, 6.45) is 1.68. The molecule has 6 nitrogen and oxygen atoms in total. The average molecular weight is 348 g/mol. The van der Waals surface area contributed by atoms with Gasteiger partial charge in [-0.05, 0) is 30.3 Å². The molecule has 2 aromatic rings. The Kier molecular flexibility index (Phi) is 5.17. The van der Waals surface area contributed by atoms with Crippen LogP contribution >= 0.6 is 11.6 Å². The molecule has 1 aliphatic rings. The molecule has 1 fully saturated rings. The second-order valence-electron chi connectivity index (χ2n) is 5.27. The van der Waals surface area contributed by atoms with Gasteiger partial charge in [-0.2, -0.15) is 0 Å². The van der Waals surface area contributed by atoms with E-state index in [-0.39, 0.29) is 5.91 Å². The predicted molar refractivity (Wildman–Crippen MR) is 93.2 cm³/mol. The maximum Gasteiger partial charge on any atom is 0.259 e. The minimum atomic E-state index is -0.259. The molecule has 24 heavy (non-hydrogen) atoms. The van der Waals surface area contributed by atoms with E-state index in [1.807, 2.05) is 4.90 Å². The maximum absolute atomic E-state index is 12.7. The van der Waals surface area contributed by atoms with Crippen molar-refractivity contribution >= 4 is 29.0 Å². The van der Waals surface area contributed by atoms with Crippen molar-refractivity contribution in [3.05, 3.63) is 47.1 Å². The van der Waals surface area contributed by atoms with Gasteiger partial charge in [0.2, 0.25) is 0 Å². The molecule has 0 spiro atoms. The van der Waals surface area contributed by atoms with Crippen LogP contribution in [0.5, 0.6) is 5.75 Å². The maximum atomic E-state index is 12.7. The third-order valence-electron chi connectivity index (χ3n) is 3.75. The topological polar surface area (TPSA) is 63.7 Å². The second kappa shape index (κ2) is 7.51. The van der Waals surface area contributed by atoms with E-state index in [9.17, 15) is 4.79 Å². The quantitative estimate of drug-likeness (QED) is 0.921. The van der Waals surface area contributed by atoms with E-state index in [2.05, 4.69) is 10.3 Å². The summed E-state index contributed by atoms with van der Waals surface area (Å²) in [6.45, 7) is 2.66. The van der Waals surface area contributed by atoms with Gasteiger partial charge in [-0.15, -0.1) is 0 Å². The van der Waals surface area contributed by atoms with Crippen LogP contribution in [-0.4, -0.2) is 44.3 Å². The average Bonchev–Trinajstić information content (AvgIpc) is 2.62. The molecule has 0 atom stereocenters. The first-order chi connectivity index (χ1) is 11.7. The van der Waals surface area contributed by atoms with Crippen LogP contribution in [0.1, 0.15) is 10.4 Å². The van der Waals surface area contributed by atoms with Crippen LogP contribution in [-0.2, 0) is 4.74 Å². The van der Waals surface area contributed by atoms with E-state index < -0.39 is 0 Å². The second-order valence-corrected chi connectivity index (χ2v) is 5.71. The molecular weight excluding hydrogens is 330 g/mol. The molecule has 1 N–H and O–H groups in total. The summed E-state index contributed by atoms with van der Waals surface area (Å²) in [5.41, 5.74) is 1.02. The summed E-state index contributed by atoms with van der Waals surface area (Å²) in [7, 11) is 1.54. The van der Waals surface area contributed by atoms with Gasteiger partial charge in [0.25, 0.3) is 5.91 Å². The van der Waals surface area contributed by atoms with Gasteiger partial charge in [0.1, 0.15) is 11.6 Å². The van der Waals surface area contributed by atoms with Crippen molar-refractivity contribution in [2.24, 2.45) is 0 Å². The minimum absolute atomic E-state index is 0.259. The zero-order chi connectivity index (χ0) is 16.9. The molecule has 1 amide bonds. The van der Waals surface area contributed by atoms with Crippen molar-refractivity contribution in [3.8, 4) is 5.75 Å². The molecule has 0 saturated carbocycles. The standard InChI is InChI=1S/C17H18ClN3O3/c1-23-15-5-4-12(18)11-14(15)20-17(22)13-3-2-6-19-16(13)21-7-9-24-10-8-21/h2-6,11H,7-10H2,1H3,(H,20,22). The van der Waals surface area contributed by atoms with Crippen LogP contribution in [0, 0.1) is 0 Å². The monoisotopic (exact) mass is 347 g/mol. The van der Waals surface area contributed by atoms with Gasteiger partial charge >= 0.3 is 0 Å². The molecule has 1 aromatic heterocycles. The number of hydrogen-bond acceptors (Lipinski definition) is 5. The summed E-state index contributed by atoms with van der Waals surface area (Å²) in [5, 5.41) is 3.37. The van der Waals surface area contributed by atoms with Crippen molar-refractivity contribution in [1.82, 2.24) is 4.98 Å². The number of benzene rings is 1. The zero-order valence-electron chi connectivity index (χ0n) is 13.3. The first-order valence-electron chi connectivity index (χ1n) is 7.61. The van der Waals surface area contributed by atoms with Gasteiger partial charge in [0.05, 0.1) is 31.6 Å². The number of methoxy groups -OCH3 is 1. The van der Waals surface area contributed by atoms with Gasteiger partial charge in [-0.25, -0.2) is 4.98 Å². The first-order valence-corrected chi connectivity index (χ1v) is 7.99. The normalized spacial score (nSPS) is 14.3. The molecule has 1 aliphatic heterocycles. The lowest BCUT2D eigenvalue weighted by Gasteiger charge is -2.29. The van der Waals surface area contributed by atoms with E-state index in [1.165, 1.54) is 0 Å². The van der Waals surface area contributed by atoms with Crippen LogP contribution in [0.15, 0.2) is 36.5 Å². The Labute approximate surface area is 145 Å². The van der Waals surface area contributed by atoms with Crippen LogP contribution in [0.3, 0.4) is 0 Å². The van der Waals surface area contributed by atoms with Crippen molar-refractivity contribution < 1.29 is 14.3 Å². The third kappa shape index (κ3) is 3.60. The van der Waals surface area contributed by atoms with E-state index in [0.717, 1.165) is 0 Å². The Bertz CT molecular complexity index is 733. The number of rotatable bonds is 4. The number of aromatic nitrogens is 1. The lowest BCUT2D eigenvalue weighted by Crippen LogP contribution is -2.38. The molecular formula is C17H18ClN3O3. The molecule has 126 valence electrons. The number of nitrogens with zero attached hydrogens (tertiary/aromatic N) is 2. The number of amides is 1. The fourth-order valence-electron chi connectivity index (χ4n) is 2.57. The van der Waals surface area contributed by atoms with E-state index in [0.29, 0.717) is 54.1 Å². The molecule has 0 bridgehead atoms. The Balaban J connectivity index is 1.87. The summed E-state index contributed by atoms with van der Waals surface area (Å²) in [6, 6.07) is 8.57. The molecule has 3 rings (SSSR count). The SMILES string of the molecule is COc1ccc(Cl)cc1NC(=O)c1cccnc1N1CCOCC1. The van der Waals surface area contributed by atoms with Gasteiger partial charge in [-0.3, -0.25) is 4.79 Å². The lowest BCUT2D eigenvalue weighted by atomic mass is 10.2. The summed E-state index contributed by atoms with van der Waals surface area (Å²) in [4.78, 5) is 19.2. The van der Waals surface area contributed by atoms with E-state index in [1.54, 1.807) is 43.6 Å². The smallest absolute Gasteiger partial charge is 0.259 e. The number of carbonyl (C=O) groups excluding carboxylic acids is 1. The summed E-state index contributed by atoms with van der Waals surface area (Å²) >= 11 is 6.01. The summed E-state index contributed by atoms with van der Waals surface area (Å²) in [5.74, 6) is 0.939. The number of nitrogens with one attached hydrogen (secondary N) is 1. The fraction of sp³-hybridized carbons (Fsp3) is 0.294. The first kappa shape index (κ1) is 16.5. The van der Waals surface area contributed by atoms with Crippen LogP contribution in [0.4, 0.5) is 11.5 Å². The number of morpholine rings is 1. The van der Waals surface area contributed by atoms with Crippen molar-refractivity contribution in [2.75, 3.05) is 43.6 Å². The molecule has 1 aromatic carbocycles. The number of pyridine rings is 1. The number of halogens is 1. The molecule has 1 saturated heterocycles. The highest BCUT2D eigenvalue weighted by molar-refractivity contribution is 6.31. The van der Waals surface area contributed by atoms with Gasteiger partial charge in [0.15, 0.2) is 0 Å². The molecule has 0 aliphatic carbocycles. The van der Waals surface area contributed by atoms with Crippen LogP contribution < -0.4 is 15.0 Å². The highest BCUT2D eigenvalue weighted by Gasteiger charge is 2.20. The van der Waals surface area contributed by atoms with Crippen molar-refractivity contribution in [2.45, 2.75) is 0 Å². The number of ether oxygens (including phenoxy) is 2. The van der Waals surface area contributed by atoms with Gasteiger partial charge < -0.3 is 19.7 Å². The molecule has 0 radical (unpaired) electrons. The minimum Gasteiger partial charge on any atom is -0.495 e. The van der Waals surface area contributed by atoms with Crippen LogP contribution in [0.2, 0.25) is 5.02 Å². The Morgan fingerprint density at radius 1 is 1.33 bits per heavy atom. The highest BCUT2D eigenvalue weighted by Crippen LogP contribution is 2.29. The van der Waals surface area contributed by atoms with Gasteiger partial charge in [0, 0.05) is 24.3 Å². The van der Waals surface area contributed by atoms with E-state index in [4.69, 9.17) is 21.1 Å². The third-order valence-corrected chi connectivity index (χ3v) is 3.99.